The molecule has 1 aliphatic heterocycles. The number of amides is 3. The normalized spacial score (nSPS) is 14.0. The summed E-state index contributed by atoms with van der Waals surface area (Å²) in [6, 6.07) is 37.0. The number of nitrogens with zero attached hydrogens (tertiary/aromatic N) is 1. The fourth-order valence-corrected chi connectivity index (χ4v) is 8.25. The number of phenolic OH excluding ortho intramolecular Hbond substituents is 1. The Morgan fingerprint density at radius 1 is 0.818 bits per heavy atom. The topological polar surface area (TPSA) is 194 Å². The molecule has 3 amide bonds. The standard InChI is InChI=1S/C52H58N6O8/c1-34(53-33-46(60)42-17-19-45(59)51-43(42)18-21-49(62)57-51)28-39-29-37(16-20-47(39)65-2)30-50(63)55-32-36-14-12-35(13-15-36)31-54-48(61)24-27-58-25-22-40(23-26-58)66-52(64)56-44-11-7-6-10-41(44)38-8-4-3-5-9-38/h3-21,29,34,40,46,53,59-60H,22-28,30-33H2,1-2H3,(H,54,61)(H,55,63)(H,56,64)(H,57,62)/t34?,46-/m0/s1. The molecule has 1 fully saturated rings. The minimum absolute atomic E-state index is 0.0350. The van der Waals surface area contributed by atoms with Gasteiger partial charge in [0.25, 0.3) is 0 Å². The number of anilines is 1. The molecule has 14 heteroatoms. The van der Waals surface area contributed by atoms with Crippen molar-refractivity contribution in [3.63, 3.8) is 0 Å². The Morgan fingerprint density at radius 3 is 2.23 bits per heavy atom. The molecule has 344 valence electrons. The zero-order chi connectivity index (χ0) is 46.4. The lowest BCUT2D eigenvalue weighted by Gasteiger charge is -2.31. The van der Waals surface area contributed by atoms with Crippen LogP contribution in [0.2, 0.25) is 0 Å². The van der Waals surface area contributed by atoms with E-state index in [1.54, 1.807) is 19.2 Å². The number of carbonyl (C=O) groups excluding carboxylic acids is 3. The first kappa shape index (κ1) is 47.0. The Labute approximate surface area is 384 Å². The molecular weight excluding hydrogens is 837 g/mol. The van der Waals surface area contributed by atoms with E-state index in [9.17, 15) is 29.4 Å². The van der Waals surface area contributed by atoms with Crippen molar-refractivity contribution in [2.24, 2.45) is 0 Å². The molecule has 0 spiro atoms. The number of likely N-dealkylation sites (tertiary alicyclic amines) is 1. The monoisotopic (exact) mass is 894 g/mol. The summed E-state index contributed by atoms with van der Waals surface area (Å²) in [4.78, 5) is 55.2. The molecule has 1 saturated heterocycles. The second kappa shape index (κ2) is 22.8. The smallest absolute Gasteiger partial charge is 0.411 e. The highest BCUT2D eigenvalue weighted by molar-refractivity contribution is 5.91. The second-order valence-electron chi connectivity index (χ2n) is 16.7. The van der Waals surface area contributed by atoms with Gasteiger partial charge in [-0.25, -0.2) is 4.79 Å². The number of para-hydroxylation sites is 1. The molecule has 0 aliphatic carbocycles. The van der Waals surface area contributed by atoms with Gasteiger partial charge >= 0.3 is 6.09 Å². The van der Waals surface area contributed by atoms with Crippen molar-refractivity contribution in [3.05, 3.63) is 159 Å². The van der Waals surface area contributed by atoms with Gasteiger partial charge in [0.1, 0.15) is 17.6 Å². The first-order chi connectivity index (χ1) is 32.0. The summed E-state index contributed by atoms with van der Waals surface area (Å²) in [5, 5.41) is 34.1. The number of nitrogens with one attached hydrogen (secondary N) is 5. The Hall–Kier alpha value is -7.00. The van der Waals surface area contributed by atoms with E-state index in [1.165, 1.54) is 12.1 Å². The zero-order valence-corrected chi connectivity index (χ0v) is 37.3. The molecule has 0 bridgehead atoms. The van der Waals surface area contributed by atoms with E-state index in [1.807, 2.05) is 104 Å². The highest BCUT2D eigenvalue weighted by atomic mass is 16.6. The van der Waals surface area contributed by atoms with Crippen LogP contribution in [0.25, 0.3) is 22.0 Å². The average Bonchev–Trinajstić information content (AvgIpc) is 3.33. The third-order valence-corrected chi connectivity index (χ3v) is 11.9. The predicted octanol–water partition coefficient (Wildman–Crippen LogP) is 6.74. The molecule has 1 unspecified atom stereocenters. The number of methoxy groups -OCH3 is 1. The number of aromatic hydroxyl groups is 1. The van der Waals surface area contributed by atoms with Crippen LogP contribution in [0.1, 0.15) is 60.1 Å². The van der Waals surface area contributed by atoms with Crippen molar-refractivity contribution < 1.29 is 34.1 Å². The number of aromatic amines is 1. The van der Waals surface area contributed by atoms with Crippen LogP contribution in [0.5, 0.6) is 11.5 Å². The van der Waals surface area contributed by atoms with E-state index >= 15 is 0 Å². The van der Waals surface area contributed by atoms with E-state index in [0.29, 0.717) is 67.7 Å². The lowest BCUT2D eigenvalue weighted by atomic mass is 10.00. The van der Waals surface area contributed by atoms with Crippen LogP contribution in [-0.4, -0.2) is 83.4 Å². The van der Waals surface area contributed by atoms with Crippen molar-refractivity contribution in [1.82, 2.24) is 25.8 Å². The number of piperidine rings is 1. The van der Waals surface area contributed by atoms with Gasteiger partial charge in [-0.1, -0.05) is 91.0 Å². The number of rotatable bonds is 19. The number of pyridine rings is 1. The summed E-state index contributed by atoms with van der Waals surface area (Å²) in [5.74, 6) is 0.477. The molecule has 7 rings (SSSR count). The van der Waals surface area contributed by atoms with Gasteiger partial charge in [0.05, 0.1) is 30.8 Å². The number of aliphatic hydroxyl groups is 1. The predicted molar refractivity (Wildman–Crippen MR) is 255 cm³/mol. The fourth-order valence-electron chi connectivity index (χ4n) is 8.25. The summed E-state index contributed by atoms with van der Waals surface area (Å²) in [7, 11) is 1.61. The van der Waals surface area contributed by atoms with Crippen molar-refractivity contribution in [2.45, 2.75) is 70.4 Å². The Morgan fingerprint density at radius 2 is 1.50 bits per heavy atom. The lowest BCUT2D eigenvalue weighted by molar-refractivity contribution is -0.122. The molecule has 2 atom stereocenters. The van der Waals surface area contributed by atoms with Gasteiger partial charge < -0.3 is 45.5 Å². The Kier molecular flexibility index (Phi) is 16.2. The molecule has 0 radical (unpaired) electrons. The number of fused-ring (bicyclic) bond motifs is 1. The first-order valence-corrected chi connectivity index (χ1v) is 22.4. The minimum atomic E-state index is -0.894. The zero-order valence-electron chi connectivity index (χ0n) is 37.3. The van der Waals surface area contributed by atoms with Crippen LogP contribution in [0, 0.1) is 0 Å². The highest BCUT2D eigenvalue weighted by Gasteiger charge is 2.23. The lowest BCUT2D eigenvalue weighted by Crippen LogP contribution is -2.40. The Balaban J connectivity index is 0.782. The van der Waals surface area contributed by atoms with Gasteiger partial charge in [-0.05, 0) is 83.8 Å². The van der Waals surface area contributed by atoms with Crippen LogP contribution < -0.4 is 31.6 Å². The molecule has 14 nitrogen and oxygen atoms in total. The highest BCUT2D eigenvalue weighted by Crippen LogP contribution is 2.30. The number of phenols is 1. The maximum atomic E-state index is 13.0. The van der Waals surface area contributed by atoms with E-state index in [-0.39, 0.29) is 53.8 Å². The minimum Gasteiger partial charge on any atom is -0.506 e. The molecule has 2 heterocycles. The molecule has 7 N–H and O–H groups in total. The summed E-state index contributed by atoms with van der Waals surface area (Å²) in [6.45, 7) is 5.10. The number of hydrogen-bond donors (Lipinski definition) is 7. The maximum absolute atomic E-state index is 13.0. The SMILES string of the molecule is COc1ccc(CC(=O)NCc2ccc(CNC(=O)CCN3CCC(OC(=O)Nc4ccccc4-c4ccccc4)CC3)cc2)cc1CC(C)NC[C@H](O)c1ccc(O)c2[nH]c(=O)ccc12. The maximum Gasteiger partial charge on any atom is 0.411 e. The fraction of sp³-hybridized carbons (Fsp3) is 0.308. The van der Waals surface area contributed by atoms with Crippen molar-refractivity contribution in [2.75, 3.05) is 38.6 Å². The van der Waals surface area contributed by atoms with Gasteiger partial charge in [0.2, 0.25) is 17.4 Å². The third-order valence-electron chi connectivity index (χ3n) is 11.9. The largest absolute Gasteiger partial charge is 0.506 e. The molecule has 1 aliphatic rings. The number of aromatic nitrogens is 1. The van der Waals surface area contributed by atoms with Crippen LogP contribution in [0.4, 0.5) is 10.5 Å². The van der Waals surface area contributed by atoms with Crippen LogP contribution in [0.15, 0.2) is 126 Å². The summed E-state index contributed by atoms with van der Waals surface area (Å²) >= 11 is 0. The van der Waals surface area contributed by atoms with Crippen molar-refractivity contribution in [3.8, 4) is 22.6 Å². The van der Waals surface area contributed by atoms with E-state index in [4.69, 9.17) is 9.47 Å². The molecule has 0 saturated carbocycles. The molecule has 66 heavy (non-hydrogen) atoms. The van der Waals surface area contributed by atoms with Gasteiger partial charge in [-0.2, -0.15) is 0 Å². The second-order valence-corrected chi connectivity index (χ2v) is 16.7. The first-order valence-electron chi connectivity index (χ1n) is 22.4. The third kappa shape index (κ3) is 13.1. The van der Waals surface area contributed by atoms with E-state index in [0.717, 1.165) is 46.5 Å². The summed E-state index contributed by atoms with van der Waals surface area (Å²) in [6.07, 6.45) is 0.983. The molecular formula is C52H58N6O8. The quantitative estimate of drug-likeness (QED) is 0.0458. The van der Waals surface area contributed by atoms with Crippen LogP contribution in [-0.2, 0) is 40.3 Å². The number of benzene rings is 5. The van der Waals surface area contributed by atoms with Gasteiger partial charge in [-0.15, -0.1) is 0 Å². The molecule has 6 aromatic rings. The number of ether oxygens (including phenoxy) is 2. The number of hydrogen-bond acceptors (Lipinski definition) is 10. The van der Waals surface area contributed by atoms with Crippen molar-refractivity contribution >= 4 is 34.5 Å². The molecule has 5 aromatic carbocycles. The van der Waals surface area contributed by atoms with Gasteiger partial charge in [0, 0.05) is 68.7 Å². The van der Waals surface area contributed by atoms with Crippen LogP contribution in [0.3, 0.4) is 0 Å². The number of carbonyl (C=O) groups is 3. The Bertz CT molecular complexity index is 2650. The number of H-pyrrole nitrogens is 1. The number of aliphatic hydroxyl groups excluding tert-OH is 1. The van der Waals surface area contributed by atoms with Gasteiger partial charge in [0.15, 0.2) is 0 Å². The summed E-state index contributed by atoms with van der Waals surface area (Å²) in [5.41, 5.74) is 6.82. The van der Waals surface area contributed by atoms with Crippen molar-refractivity contribution in [1.29, 1.82) is 0 Å². The van der Waals surface area contributed by atoms with Crippen LogP contribution >= 0.6 is 0 Å². The van der Waals surface area contributed by atoms with Gasteiger partial charge in [-0.3, -0.25) is 19.7 Å². The molecule has 1 aromatic heterocycles. The van der Waals surface area contributed by atoms with E-state index in [2.05, 4.69) is 31.2 Å². The average molecular weight is 895 g/mol. The van der Waals surface area contributed by atoms with E-state index < -0.39 is 12.2 Å². The summed E-state index contributed by atoms with van der Waals surface area (Å²) < 4.78 is 11.4.